The number of hydrogen-bond donors (Lipinski definition) is 0. The molecule has 0 saturated carbocycles. The standard InChI is InChI=1S/C16H13NS/c1-12-5-7-13(8-6-12)15-9-10-16(18-15)14-4-2-3-11-17-14/h2-11H,1H3. The number of aryl methyl sites for hydroxylation is 1. The van der Waals surface area contributed by atoms with Crippen molar-refractivity contribution < 1.29 is 0 Å². The zero-order chi connectivity index (χ0) is 12.4. The Bertz CT molecular complexity index is 638. The molecule has 2 heterocycles. The van der Waals surface area contributed by atoms with Gasteiger partial charge in [-0.15, -0.1) is 11.3 Å². The minimum Gasteiger partial charge on any atom is -0.255 e. The molecule has 3 aromatic rings. The van der Waals surface area contributed by atoms with E-state index in [2.05, 4.69) is 48.3 Å². The Morgan fingerprint density at radius 1 is 0.833 bits per heavy atom. The Hall–Kier alpha value is -1.93. The monoisotopic (exact) mass is 251 g/mol. The van der Waals surface area contributed by atoms with Gasteiger partial charge in [-0.05, 0) is 36.8 Å². The lowest BCUT2D eigenvalue weighted by Gasteiger charge is -1.98. The Balaban J connectivity index is 1.97. The quantitative estimate of drug-likeness (QED) is 0.638. The first-order chi connectivity index (χ1) is 8.83. The van der Waals surface area contributed by atoms with E-state index < -0.39 is 0 Å². The maximum absolute atomic E-state index is 4.38. The maximum Gasteiger partial charge on any atom is 0.0801 e. The zero-order valence-electron chi connectivity index (χ0n) is 10.1. The van der Waals surface area contributed by atoms with E-state index in [1.807, 2.05) is 24.4 Å². The summed E-state index contributed by atoms with van der Waals surface area (Å²) >= 11 is 1.78. The highest BCUT2D eigenvalue weighted by molar-refractivity contribution is 7.18. The van der Waals surface area contributed by atoms with Gasteiger partial charge < -0.3 is 0 Å². The second kappa shape index (κ2) is 4.75. The molecule has 0 bridgehead atoms. The molecule has 0 aliphatic heterocycles. The normalized spacial score (nSPS) is 10.5. The number of benzene rings is 1. The molecular formula is C16H13NS. The van der Waals surface area contributed by atoms with E-state index in [-0.39, 0.29) is 0 Å². The molecule has 2 aromatic heterocycles. The zero-order valence-corrected chi connectivity index (χ0v) is 10.9. The Labute approximate surface area is 111 Å². The summed E-state index contributed by atoms with van der Waals surface area (Å²) in [5.41, 5.74) is 3.61. The number of nitrogens with zero attached hydrogens (tertiary/aromatic N) is 1. The van der Waals surface area contributed by atoms with Crippen molar-refractivity contribution in [2.75, 3.05) is 0 Å². The van der Waals surface area contributed by atoms with Crippen LogP contribution < -0.4 is 0 Å². The molecule has 1 nitrogen and oxygen atoms in total. The molecule has 18 heavy (non-hydrogen) atoms. The summed E-state index contributed by atoms with van der Waals surface area (Å²) < 4.78 is 0. The largest absolute Gasteiger partial charge is 0.255 e. The van der Waals surface area contributed by atoms with Gasteiger partial charge in [0.1, 0.15) is 0 Å². The summed E-state index contributed by atoms with van der Waals surface area (Å²) in [7, 11) is 0. The Kier molecular flexibility index (Phi) is 2.95. The average Bonchev–Trinajstić information content (AvgIpc) is 2.90. The summed E-state index contributed by atoms with van der Waals surface area (Å²) in [5.74, 6) is 0. The van der Waals surface area contributed by atoms with Crippen LogP contribution in [0.5, 0.6) is 0 Å². The van der Waals surface area contributed by atoms with Crippen molar-refractivity contribution in [1.29, 1.82) is 0 Å². The Morgan fingerprint density at radius 3 is 2.33 bits per heavy atom. The number of pyridine rings is 1. The molecule has 3 rings (SSSR count). The fourth-order valence-corrected chi connectivity index (χ4v) is 2.85. The molecule has 0 unspecified atom stereocenters. The van der Waals surface area contributed by atoms with E-state index >= 15 is 0 Å². The van der Waals surface area contributed by atoms with Crippen LogP contribution >= 0.6 is 11.3 Å². The average molecular weight is 251 g/mol. The molecule has 0 fully saturated rings. The highest BCUT2D eigenvalue weighted by atomic mass is 32.1. The summed E-state index contributed by atoms with van der Waals surface area (Å²) in [6.45, 7) is 2.11. The highest BCUT2D eigenvalue weighted by Gasteiger charge is 2.05. The van der Waals surface area contributed by atoms with Crippen molar-refractivity contribution in [2.24, 2.45) is 0 Å². The molecule has 0 aliphatic carbocycles. The second-order valence-electron chi connectivity index (χ2n) is 4.24. The molecule has 0 spiro atoms. The number of rotatable bonds is 2. The van der Waals surface area contributed by atoms with Crippen molar-refractivity contribution in [1.82, 2.24) is 4.98 Å². The van der Waals surface area contributed by atoms with Gasteiger partial charge >= 0.3 is 0 Å². The molecule has 1 aromatic carbocycles. The third-order valence-corrected chi connectivity index (χ3v) is 4.02. The topological polar surface area (TPSA) is 12.9 Å². The van der Waals surface area contributed by atoms with Gasteiger partial charge in [0.2, 0.25) is 0 Å². The molecule has 88 valence electrons. The van der Waals surface area contributed by atoms with E-state index in [0.29, 0.717) is 0 Å². The molecule has 0 atom stereocenters. The molecule has 2 heteroatoms. The van der Waals surface area contributed by atoms with Crippen LogP contribution in [0, 0.1) is 6.92 Å². The van der Waals surface area contributed by atoms with E-state index in [1.54, 1.807) is 11.3 Å². The van der Waals surface area contributed by atoms with Crippen molar-refractivity contribution in [3.05, 3.63) is 66.4 Å². The minimum absolute atomic E-state index is 1.04. The van der Waals surface area contributed by atoms with Gasteiger partial charge in [-0.25, -0.2) is 0 Å². The first kappa shape index (κ1) is 11.2. The molecule has 0 N–H and O–H groups in total. The Morgan fingerprint density at radius 2 is 1.61 bits per heavy atom. The summed E-state index contributed by atoms with van der Waals surface area (Å²) in [6, 6.07) is 19.0. The maximum atomic E-state index is 4.38. The number of hydrogen-bond acceptors (Lipinski definition) is 2. The van der Waals surface area contributed by atoms with Crippen LogP contribution in [-0.4, -0.2) is 4.98 Å². The molecule has 0 aliphatic rings. The predicted molar refractivity (Wildman–Crippen MR) is 77.7 cm³/mol. The van der Waals surface area contributed by atoms with Crippen LogP contribution in [0.3, 0.4) is 0 Å². The fraction of sp³-hybridized carbons (Fsp3) is 0.0625. The molecule has 0 amide bonds. The molecular weight excluding hydrogens is 238 g/mol. The van der Waals surface area contributed by atoms with Crippen LogP contribution in [0.15, 0.2) is 60.8 Å². The van der Waals surface area contributed by atoms with E-state index in [4.69, 9.17) is 0 Å². The second-order valence-corrected chi connectivity index (χ2v) is 5.33. The predicted octanol–water partition coefficient (Wildman–Crippen LogP) is 4.79. The lowest BCUT2D eigenvalue weighted by atomic mass is 10.1. The summed E-state index contributed by atoms with van der Waals surface area (Å²) in [5, 5.41) is 0. The van der Waals surface area contributed by atoms with Crippen molar-refractivity contribution in [3.63, 3.8) is 0 Å². The van der Waals surface area contributed by atoms with Gasteiger partial charge in [0, 0.05) is 11.1 Å². The van der Waals surface area contributed by atoms with E-state index in [1.165, 1.54) is 20.9 Å². The van der Waals surface area contributed by atoms with Crippen molar-refractivity contribution >= 4 is 11.3 Å². The first-order valence-corrected chi connectivity index (χ1v) is 6.73. The van der Waals surface area contributed by atoms with Crippen LogP contribution in [0.2, 0.25) is 0 Å². The summed E-state index contributed by atoms with van der Waals surface area (Å²) in [6.07, 6.45) is 1.83. The van der Waals surface area contributed by atoms with Gasteiger partial charge in [-0.2, -0.15) is 0 Å². The van der Waals surface area contributed by atoms with E-state index in [9.17, 15) is 0 Å². The van der Waals surface area contributed by atoms with Gasteiger partial charge in [-0.3, -0.25) is 4.98 Å². The summed E-state index contributed by atoms with van der Waals surface area (Å²) in [4.78, 5) is 6.88. The first-order valence-electron chi connectivity index (χ1n) is 5.91. The van der Waals surface area contributed by atoms with Crippen LogP contribution in [-0.2, 0) is 0 Å². The van der Waals surface area contributed by atoms with Crippen molar-refractivity contribution in [3.8, 4) is 21.0 Å². The van der Waals surface area contributed by atoms with Crippen LogP contribution in [0.4, 0.5) is 0 Å². The minimum atomic E-state index is 1.04. The van der Waals surface area contributed by atoms with Gasteiger partial charge in [0.05, 0.1) is 10.6 Å². The van der Waals surface area contributed by atoms with E-state index in [0.717, 1.165) is 5.69 Å². The fourth-order valence-electron chi connectivity index (χ4n) is 1.86. The van der Waals surface area contributed by atoms with Crippen molar-refractivity contribution in [2.45, 2.75) is 6.92 Å². The number of aromatic nitrogens is 1. The third-order valence-electron chi connectivity index (χ3n) is 2.86. The van der Waals surface area contributed by atoms with Crippen LogP contribution in [0.25, 0.3) is 21.0 Å². The lowest BCUT2D eigenvalue weighted by molar-refractivity contribution is 1.34. The molecule has 0 radical (unpaired) electrons. The SMILES string of the molecule is Cc1ccc(-c2ccc(-c3ccccn3)s2)cc1. The number of thiophene rings is 1. The molecule has 0 saturated heterocycles. The smallest absolute Gasteiger partial charge is 0.0801 e. The van der Waals surface area contributed by atoms with Gasteiger partial charge in [-0.1, -0.05) is 35.9 Å². The third kappa shape index (κ3) is 2.20. The van der Waals surface area contributed by atoms with Crippen LogP contribution in [0.1, 0.15) is 5.56 Å². The van der Waals surface area contributed by atoms with Gasteiger partial charge in [0.15, 0.2) is 0 Å². The van der Waals surface area contributed by atoms with Gasteiger partial charge in [0.25, 0.3) is 0 Å². The highest BCUT2D eigenvalue weighted by Crippen LogP contribution is 2.33. The lowest BCUT2D eigenvalue weighted by Crippen LogP contribution is -1.75.